The van der Waals surface area contributed by atoms with E-state index in [0.29, 0.717) is 55.0 Å². The van der Waals surface area contributed by atoms with Crippen LogP contribution in [0.2, 0.25) is 0 Å². The van der Waals surface area contributed by atoms with Gasteiger partial charge in [-0.3, -0.25) is 34.1 Å². The standard InChI is InChI=1S/C27H24O2P.C22H25NO4.2C21H23NO4.C13H17NO3.C7H6O2.C6H12ClNO.BrH.ClH.Na.H2O/c1-29-27(28)23-13-11-12-22(20-23)21-30(24-14-5-2-6-15-24,25-16-7-3-8-17-25)26-18-9-4-10-19-26;1-25-22(24)20-6-2-4-18(16-20)8-9-19-5-3-7-21(17-19)27-15-12-23-10-13-26-14-11-23;2*23-21(24)19-5-1-3-17(15-19)7-8-18-4-2-6-20(16-18)26-14-11-22-9-12-25-13-10-22;15-11-12-2-1-3-13(10-12)17-9-6-14-4-7-16-8-5-14;8-5-6-2-1-3-7(9)4-6;7-1-2-8-3-5-9-6-4-8;;;;/h2-20H,21H2,1H3;2-9,16-17H,10-15H2,1H3;2*1-8,15-16H,9-14H2,(H,23,24);1-3,10-11H,4-9H2;1-5,9H;1-6H2;2*1H;;1H2/q+1;;;;;;;;;+1;/p-2/b;9-8+;8-7+;8-7-;;;;;;;. The molecule has 12 aromatic carbocycles. The summed E-state index contributed by atoms with van der Waals surface area (Å²) >= 11 is 5.55. The average molecular weight is 2150 g/mol. The summed E-state index contributed by atoms with van der Waals surface area (Å²) in [5.74, 6) is 1.66. The van der Waals surface area contributed by atoms with Crippen LogP contribution < -0.4 is 81.4 Å². The average Bonchev–Trinajstić information content (AvgIpc) is 0.748. The maximum atomic E-state index is 12.1. The monoisotopic (exact) mass is 2150 g/mol. The number of benzene rings is 12. The molecule has 0 saturated carbocycles. The van der Waals surface area contributed by atoms with E-state index >= 15 is 0 Å². The number of carboxylic acids is 2. The zero-order chi connectivity index (χ0) is 101. The molecule has 4 N–H and O–H groups in total. The van der Waals surface area contributed by atoms with E-state index in [4.69, 9.17) is 79.0 Å². The molecule has 5 aliphatic rings. The van der Waals surface area contributed by atoms with Gasteiger partial charge in [0.25, 0.3) is 0 Å². The number of carboxylic acid groups (broad SMARTS) is 2. The number of rotatable bonds is 35. The van der Waals surface area contributed by atoms with Crippen molar-refractivity contribution in [1.82, 2.24) is 24.5 Å². The van der Waals surface area contributed by atoms with Crippen molar-refractivity contribution in [2.45, 2.75) is 6.16 Å². The minimum Gasteiger partial charge on any atom is -1.00 e. The molecule has 5 aliphatic heterocycles. The Morgan fingerprint density at radius 1 is 0.324 bits per heavy atom. The summed E-state index contributed by atoms with van der Waals surface area (Å²) in [5.41, 5.74) is 9.67. The van der Waals surface area contributed by atoms with Gasteiger partial charge in [-0.05, 0) is 185 Å². The molecular formula is C117H132BrCl2N5NaO21P. The molecule has 17 rings (SSSR count). The van der Waals surface area contributed by atoms with Gasteiger partial charge < -0.3 is 89.9 Å². The van der Waals surface area contributed by atoms with Gasteiger partial charge in [0, 0.05) is 115 Å². The maximum absolute atomic E-state index is 12.1. The van der Waals surface area contributed by atoms with Crippen LogP contribution in [0.4, 0.5) is 0 Å². The second kappa shape index (κ2) is 70.9. The number of ether oxygens (including phenoxy) is 11. The predicted octanol–water partition coefficient (Wildman–Crippen LogP) is 12.1. The molecule has 5 heterocycles. The first-order valence-electron chi connectivity index (χ1n) is 48.3. The molecule has 0 bridgehead atoms. The summed E-state index contributed by atoms with van der Waals surface area (Å²) in [5, 5.41) is 30.9. The Kier molecular flexibility index (Phi) is 59.0. The molecule has 778 valence electrons. The Hall–Kier alpha value is -11.9. The summed E-state index contributed by atoms with van der Waals surface area (Å²) in [4.78, 5) is 78.1. The molecule has 0 amide bonds. The van der Waals surface area contributed by atoms with E-state index in [1.807, 2.05) is 170 Å². The van der Waals surface area contributed by atoms with E-state index in [1.165, 1.54) is 42.3 Å². The number of aromatic carboxylic acids is 2. The summed E-state index contributed by atoms with van der Waals surface area (Å²) in [7, 11) is 0.819. The van der Waals surface area contributed by atoms with Crippen LogP contribution in [0.5, 0.6) is 28.7 Å². The van der Waals surface area contributed by atoms with Gasteiger partial charge in [-0.15, -0.1) is 24.0 Å². The molecule has 0 atom stereocenters. The number of carbonyl (C=O) groups is 6. The van der Waals surface area contributed by atoms with Gasteiger partial charge in [0.2, 0.25) is 0 Å². The van der Waals surface area contributed by atoms with Crippen LogP contribution >= 0.6 is 31.3 Å². The molecular weight excluding hydrogens is 2020 g/mol. The van der Waals surface area contributed by atoms with E-state index < -0.39 is 19.2 Å². The first kappa shape index (κ1) is 123. The summed E-state index contributed by atoms with van der Waals surface area (Å²) in [6, 6.07) is 98.3. The molecule has 5 saturated heterocycles. The van der Waals surface area contributed by atoms with Gasteiger partial charge >= 0.3 is 53.4 Å². The minimum atomic E-state index is -1.99. The van der Waals surface area contributed by atoms with Crippen molar-refractivity contribution in [2.24, 2.45) is 0 Å². The molecule has 0 aliphatic carbocycles. The van der Waals surface area contributed by atoms with Crippen molar-refractivity contribution in [3.63, 3.8) is 0 Å². The van der Waals surface area contributed by atoms with Gasteiger partial charge in [-0.2, -0.15) is 0 Å². The molecule has 0 unspecified atom stereocenters. The first-order valence-corrected chi connectivity index (χ1v) is 50.8. The molecule has 148 heavy (non-hydrogen) atoms. The number of esters is 2. The zero-order valence-corrected chi connectivity index (χ0v) is 90.1. The number of aldehydes is 2. The van der Waals surface area contributed by atoms with E-state index in [2.05, 4.69) is 122 Å². The number of carbonyl (C=O) groups excluding carboxylic acids is 4. The van der Waals surface area contributed by atoms with Gasteiger partial charge in [0.15, 0.2) is 0 Å². The molecule has 0 radical (unpaired) electrons. The third-order valence-corrected chi connectivity index (χ3v) is 28.1. The van der Waals surface area contributed by atoms with Crippen molar-refractivity contribution in [1.29, 1.82) is 0 Å². The van der Waals surface area contributed by atoms with Crippen molar-refractivity contribution in [2.75, 3.05) is 211 Å². The number of phenols is 1. The van der Waals surface area contributed by atoms with Crippen LogP contribution in [-0.4, -0.2) is 293 Å². The van der Waals surface area contributed by atoms with Crippen LogP contribution in [0.1, 0.15) is 101 Å². The Morgan fingerprint density at radius 3 is 0.858 bits per heavy atom. The number of phenolic OH excluding ortho intramolecular Hbond substituents is 1. The Bertz CT molecular complexity index is 5750. The van der Waals surface area contributed by atoms with Crippen LogP contribution in [0.3, 0.4) is 0 Å². The normalized spacial score (nSPS) is 14.2. The van der Waals surface area contributed by atoms with E-state index in [1.54, 1.807) is 66.7 Å². The second-order valence-electron chi connectivity index (χ2n) is 33.6. The van der Waals surface area contributed by atoms with Crippen molar-refractivity contribution in [3.05, 3.63) is 382 Å². The Balaban J connectivity index is 0.000000240. The quantitative estimate of drug-likeness (QED) is 0.00830. The Labute approximate surface area is 913 Å². The third kappa shape index (κ3) is 44.5. The molecule has 26 nitrogen and oxygen atoms in total. The Morgan fingerprint density at radius 2 is 0.574 bits per heavy atom. The number of hydrogen-bond acceptors (Lipinski definition) is 24. The molecule has 0 aromatic heterocycles. The predicted molar refractivity (Wildman–Crippen MR) is 581 cm³/mol. The SMILES string of the molecule is COC(=O)c1cccc(/C=C/c2cccc(OCCN3CCOCC3)c2)c1.COC(=O)c1cccc(C[P+](c2ccccc2)(c2ccccc2)c2ccccc2)c1.Cl.ClCCN1CCOCC1.O=C(O)c1cccc(/C=C/c2cccc(OCCN3CCOCC3)c2)c1.O=C(O)c1cccc(/C=C\c2cccc(OCCN3CCOCC3)c2)c1.O=Cc1cccc(O)c1.O=Cc1cccc(OCCN2CCOCC2)c1.[Br-].[Na+].[OH-]. The smallest absolute Gasteiger partial charge is 1.00 e. The summed E-state index contributed by atoms with van der Waals surface area (Å²) < 4.78 is 59.4. The van der Waals surface area contributed by atoms with Crippen LogP contribution in [0.25, 0.3) is 36.5 Å². The topological polar surface area (TPSA) is 311 Å². The zero-order valence-electron chi connectivity index (χ0n) is 84.1. The summed E-state index contributed by atoms with van der Waals surface area (Å²) in [6.07, 6.45) is 14.0. The van der Waals surface area contributed by atoms with Gasteiger partial charge in [-0.1, -0.05) is 200 Å². The molecule has 5 fully saturated rings. The number of aromatic hydroxyl groups is 1. The fourth-order valence-electron chi connectivity index (χ4n) is 15.8. The van der Waals surface area contributed by atoms with Crippen LogP contribution in [-0.2, 0) is 39.3 Å². The number of methoxy groups -OCH3 is 2. The van der Waals surface area contributed by atoms with E-state index in [0.717, 1.165) is 245 Å². The number of halogens is 3. The van der Waals surface area contributed by atoms with Crippen molar-refractivity contribution < 1.29 is 148 Å². The fourth-order valence-corrected chi connectivity index (χ4v) is 20.3. The van der Waals surface area contributed by atoms with Crippen molar-refractivity contribution >= 4 is 120 Å². The number of morpholine rings is 5. The number of hydrogen-bond donors (Lipinski definition) is 3. The molecule has 0 spiro atoms. The van der Waals surface area contributed by atoms with E-state index in [-0.39, 0.29) is 93.2 Å². The first-order chi connectivity index (χ1) is 70.5. The third-order valence-electron chi connectivity index (χ3n) is 23.5. The van der Waals surface area contributed by atoms with Gasteiger partial charge in [0.1, 0.15) is 90.9 Å². The van der Waals surface area contributed by atoms with Gasteiger partial charge in [0.05, 0.1) is 109 Å². The van der Waals surface area contributed by atoms with E-state index in [9.17, 15) is 28.8 Å². The molecule has 31 heteroatoms. The molecule has 12 aromatic rings. The van der Waals surface area contributed by atoms with Crippen molar-refractivity contribution in [3.8, 4) is 28.7 Å². The number of alkyl halides is 1. The fraction of sp³-hybridized carbons (Fsp3) is 0.282. The number of nitrogens with zero attached hydrogens (tertiary/aromatic N) is 5. The maximum Gasteiger partial charge on any atom is 1.00 e. The summed E-state index contributed by atoms with van der Waals surface area (Å²) in [6.45, 7) is 25.1. The van der Waals surface area contributed by atoms with Crippen LogP contribution in [0, 0.1) is 0 Å². The largest absolute Gasteiger partial charge is 1.00 e. The van der Waals surface area contributed by atoms with Gasteiger partial charge in [-0.25, -0.2) is 19.2 Å². The minimum absolute atomic E-state index is 0. The van der Waals surface area contributed by atoms with Crippen LogP contribution in [0.15, 0.2) is 309 Å². The second-order valence-corrected chi connectivity index (χ2v) is 37.5.